The van der Waals surface area contributed by atoms with Gasteiger partial charge in [0.05, 0.1) is 18.1 Å². The minimum atomic E-state index is 0.443. The number of rotatable bonds is 5. The first kappa shape index (κ1) is 13.1. The van der Waals surface area contributed by atoms with Gasteiger partial charge < -0.3 is 11.1 Å². The fraction of sp³-hybridized carbons (Fsp3) is 0.714. The molecule has 3 N–H and O–H groups in total. The molecule has 0 radical (unpaired) electrons. The zero-order valence-corrected chi connectivity index (χ0v) is 11.4. The Bertz CT molecular complexity index is 366. The van der Waals surface area contributed by atoms with Gasteiger partial charge in [0.15, 0.2) is 0 Å². The first-order valence-corrected chi connectivity index (χ1v) is 6.91. The summed E-state index contributed by atoms with van der Waals surface area (Å²) in [4.78, 5) is 8.40. The lowest BCUT2D eigenvalue weighted by molar-refractivity contribution is 0.252. The Labute approximate surface area is 109 Å². The molecule has 18 heavy (non-hydrogen) atoms. The molecular weight excluding hydrogens is 224 g/mol. The molecular formula is C14H24N4. The third-order valence-corrected chi connectivity index (χ3v) is 3.80. The van der Waals surface area contributed by atoms with Crippen LogP contribution in [0.25, 0.3) is 0 Å². The van der Waals surface area contributed by atoms with Crippen molar-refractivity contribution in [1.82, 2.24) is 9.97 Å². The highest BCUT2D eigenvalue weighted by Crippen LogP contribution is 2.43. The minimum absolute atomic E-state index is 0.443. The van der Waals surface area contributed by atoms with Gasteiger partial charge in [0.1, 0.15) is 0 Å². The van der Waals surface area contributed by atoms with Gasteiger partial charge in [-0.3, -0.25) is 0 Å². The molecule has 0 atom stereocenters. The lowest BCUT2D eigenvalue weighted by Gasteiger charge is -2.31. The minimum Gasteiger partial charge on any atom is -0.396 e. The van der Waals surface area contributed by atoms with Crippen molar-refractivity contribution in [3.63, 3.8) is 0 Å². The second kappa shape index (κ2) is 5.55. The second-order valence-electron chi connectivity index (χ2n) is 6.00. The first-order chi connectivity index (χ1) is 8.60. The van der Waals surface area contributed by atoms with E-state index in [2.05, 4.69) is 29.1 Å². The molecule has 1 fully saturated rings. The number of nitrogens with one attached hydrogen (secondary N) is 1. The Morgan fingerprint density at radius 2 is 1.89 bits per heavy atom. The summed E-state index contributed by atoms with van der Waals surface area (Å²) in [6.07, 6.45) is 9.96. The van der Waals surface area contributed by atoms with Crippen LogP contribution >= 0.6 is 0 Å². The molecule has 0 amide bonds. The van der Waals surface area contributed by atoms with Crippen molar-refractivity contribution >= 4 is 11.6 Å². The van der Waals surface area contributed by atoms with E-state index in [0.29, 0.717) is 17.1 Å². The maximum Gasteiger partial charge on any atom is 0.222 e. The summed E-state index contributed by atoms with van der Waals surface area (Å²) in [5.41, 5.74) is 6.64. The highest BCUT2D eigenvalue weighted by atomic mass is 15.1. The monoisotopic (exact) mass is 248 g/mol. The fourth-order valence-electron chi connectivity index (χ4n) is 3.14. The van der Waals surface area contributed by atoms with Crippen molar-refractivity contribution in [2.75, 3.05) is 17.6 Å². The Morgan fingerprint density at radius 1 is 1.28 bits per heavy atom. The Balaban J connectivity index is 1.95. The summed E-state index contributed by atoms with van der Waals surface area (Å²) in [5.74, 6) is 1.44. The van der Waals surface area contributed by atoms with Crippen LogP contribution in [0.5, 0.6) is 0 Å². The summed E-state index contributed by atoms with van der Waals surface area (Å²) in [5, 5.41) is 3.38. The van der Waals surface area contributed by atoms with Crippen LogP contribution in [-0.2, 0) is 0 Å². The normalized spacial score (nSPS) is 18.2. The molecule has 1 aliphatic rings. The van der Waals surface area contributed by atoms with Crippen molar-refractivity contribution < 1.29 is 0 Å². The van der Waals surface area contributed by atoms with Crippen LogP contribution < -0.4 is 11.1 Å². The quantitative estimate of drug-likeness (QED) is 0.840. The average Bonchev–Trinajstić information content (AvgIpc) is 2.76. The summed E-state index contributed by atoms with van der Waals surface area (Å²) in [7, 11) is 0. The van der Waals surface area contributed by atoms with Crippen molar-refractivity contribution in [3.05, 3.63) is 12.4 Å². The topological polar surface area (TPSA) is 63.8 Å². The molecule has 1 saturated carbocycles. The van der Waals surface area contributed by atoms with E-state index in [-0.39, 0.29) is 0 Å². The number of aromatic nitrogens is 2. The van der Waals surface area contributed by atoms with Gasteiger partial charge in [-0.2, -0.15) is 0 Å². The van der Waals surface area contributed by atoms with Gasteiger partial charge >= 0.3 is 0 Å². The largest absolute Gasteiger partial charge is 0.396 e. The highest BCUT2D eigenvalue weighted by molar-refractivity contribution is 5.36. The second-order valence-corrected chi connectivity index (χ2v) is 6.00. The van der Waals surface area contributed by atoms with Crippen LogP contribution in [0.1, 0.15) is 46.0 Å². The Morgan fingerprint density at radius 3 is 2.44 bits per heavy atom. The van der Waals surface area contributed by atoms with Crippen molar-refractivity contribution in [1.29, 1.82) is 0 Å². The van der Waals surface area contributed by atoms with Crippen LogP contribution in [0.4, 0.5) is 11.6 Å². The van der Waals surface area contributed by atoms with Crippen LogP contribution in [0.15, 0.2) is 12.4 Å². The van der Waals surface area contributed by atoms with Crippen molar-refractivity contribution in [3.8, 4) is 0 Å². The number of nitrogens with zero attached hydrogens (tertiary/aromatic N) is 2. The van der Waals surface area contributed by atoms with Crippen molar-refractivity contribution in [2.45, 2.75) is 46.0 Å². The number of hydrogen-bond donors (Lipinski definition) is 2. The zero-order valence-electron chi connectivity index (χ0n) is 11.4. The number of nitrogens with two attached hydrogens (primary N) is 1. The number of hydrogen-bond acceptors (Lipinski definition) is 4. The van der Waals surface area contributed by atoms with E-state index in [1.807, 2.05) is 0 Å². The summed E-state index contributed by atoms with van der Waals surface area (Å²) in [6.45, 7) is 5.59. The molecule has 1 aromatic rings. The smallest absolute Gasteiger partial charge is 0.222 e. The van der Waals surface area contributed by atoms with Gasteiger partial charge in [-0.15, -0.1) is 0 Å². The maximum atomic E-state index is 5.58. The summed E-state index contributed by atoms with van der Waals surface area (Å²) in [6, 6.07) is 0. The third kappa shape index (κ3) is 3.34. The van der Waals surface area contributed by atoms with Gasteiger partial charge in [0, 0.05) is 6.54 Å². The predicted octanol–water partition coefficient (Wildman–Crippen LogP) is 3.08. The highest BCUT2D eigenvalue weighted by Gasteiger charge is 2.34. The molecule has 0 spiro atoms. The summed E-state index contributed by atoms with van der Waals surface area (Å²) >= 11 is 0. The molecule has 1 heterocycles. The molecule has 0 unspecified atom stereocenters. The Hall–Kier alpha value is -1.32. The van der Waals surface area contributed by atoms with E-state index >= 15 is 0 Å². The predicted molar refractivity (Wildman–Crippen MR) is 75.3 cm³/mol. The molecule has 0 saturated heterocycles. The van der Waals surface area contributed by atoms with Gasteiger partial charge in [0.25, 0.3) is 0 Å². The lowest BCUT2D eigenvalue weighted by atomic mass is 9.78. The first-order valence-electron chi connectivity index (χ1n) is 6.91. The Kier molecular flexibility index (Phi) is 4.04. The van der Waals surface area contributed by atoms with Gasteiger partial charge in [-0.1, -0.05) is 26.7 Å². The van der Waals surface area contributed by atoms with Crippen LogP contribution in [0, 0.1) is 11.3 Å². The van der Waals surface area contributed by atoms with E-state index in [4.69, 9.17) is 5.73 Å². The van der Waals surface area contributed by atoms with E-state index in [0.717, 1.165) is 12.5 Å². The molecule has 0 aromatic carbocycles. The van der Waals surface area contributed by atoms with Crippen LogP contribution in [-0.4, -0.2) is 16.5 Å². The molecule has 2 rings (SSSR count). The molecule has 1 aliphatic carbocycles. The molecule has 0 bridgehead atoms. The van der Waals surface area contributed by atoms with Gasteiger partial charge in [-0.25, -0.2) is 9.97 Å². The summed E-state index contributed by atoms with van der Waals surface area (Å²) < 4.78 is 0. The molecule has 0 aliphatic heterocycles. The van der Waals surface area contributed by atoms with Crippen LogP contribution in [0.2, 0.25) is 0 Å². The van der Waals surface area contributed by atoms with E-state index in [1.165, 1.54) is 32.1 Å². The zero-order chi connectivity index (χ0) is 13.0. The fourth-order valence-corrected chi connectivity index (χ4v) is 3.14. The molecule has 1 aromatic heterocycles. The van der Waals surface area contributed by atoms with E-state index in [9.17, 15) is 0 Å². The van der Waals surface area contributed by atoms with Gasteiger partial charge in [0.2, 0.25) is 5.95 Å². The molecule has 100 valence electrons. The molecule has 4 nitrogen and oxygen atoms in total. The van der Waals surface area contributed by atoms with Crippen molar-refractivity contribution in [2.24, 2.45) is 11.3 Å². The van der Waals surface area contributed by atoms with E-state index < -0.39 is 0 Å². The van der Waals surface area contributed by atoms with Crippen LogP contribution in [0.3, 0.4) is 0 Å². The number of nitrogen functional groups attached to an aromatic ring is 1. The third-order valence-electron chi connectivity index (χ3n) is 3.80. The SMILES string of the molecule is CC(C)CC1(CNc2ncc(N)cn2)CCCC1. The standard InChI is InChI=1S/C14H24N4/c1-11(2)7-14(5-3-4-6-14)10-18-13-16-8-12(15)9-17-13/h8-9,11H,3-7,10,15H2,1-2H3,(H,16,17,18). The molecule has 4 heteroatoms. The van der Waals surface area contributed by atoms with E-state index in [1.54, 1.807) is 12.4 Å². The maximum absolute atomic E-state index is 5.58. The average molecular weight is 248 g/mol. The lowest BCUT2D eigenvalue weighted by Crippen LogP contribution is -2.29. The van der Waals surface area contributed by atoms with Gasteiger partial charge in [-0.05, 0) is 30.6 Å². The number of anilines is 2.